The van der Waals surface area contributed by atoms with Gasteiger partial charge in [-0.2, -0.15) is 0 Å². The lowest BCUT2D eigenvalue weighted by molar-refractivity contribution is -0.114. The van der Waals surface area contributed by atoms with E-state index in [4.69, 9.17) is 0 Å². The smallest absolute Gasteiger partial charge is 0.221 e. The Morgan fingerprint density at radius 3 is 3.05 bits per heavy atom. The number of aromatic nitrogens is 1. The van der Waals surface area contributed by atoms with Gasteiger partial charge in [0.25, 0.3) is 0 Å². The number of amides is 1. The lowest BCUT2D eigenvalue weighted by Gasteiger charge is -2.16. The first-order chi connectivity index (χ1) is 10.1. The van der Waals surface area contributed by atoms with Crippen LogP contribution in [-0.4, -0.2) is 10.9 Å². The van der Waals surface area contributed by atoms with Crippen LogP contribution in [0.3, 0.4) is 0 Å². The molecule has 0 saturated heterocycles. The van der Waals surface area contributed by atoms with Crippen molar-refractivity contribution in [2.24, 2.45) is 0 Å². The van der Waals surface area contributed by atoms with E-state index in [9.17, 15) is 9.18 Å². The molecule has 0 bridgehead atoms. The van der Waals surface area contributed by atoms with Crippen molar-refractivity contribution in [2.45, 2.75) is 25.8 Å². The number of nitrogens with one attached hydrogen (secondary N) is 2. The minimum Gasteiger partial charge on any atom is -0.377 e. The van der Waals surface area contributed by atoms with E-state index in [1.54, 1.807) is 18.3 Å². The topological polar surface area (TPSA) is 54.0 Å². The van der Waals surface area contributed by atoms with Crippen LogP contribution in [-0.2, 0) is 11.2 Å². The van der Waals surface area contributed by atoms with Gasteiger partial charge in [0.2, 0.25) is 5.91 Å². The first-order valence-electron chi connectivity index (χ1n) is 6.91. The van der Waals surface area contributed by atoms with E-state index in [1.165, 1.54) is 18.6 Å². The van der Waals surface area contributed by atoms with Gasteiger partial charge < -0.3 is 10.6 Å². The maximum atomic E-state index is 13.6. The summed E-state index contributed by atoms with van der Waals surface area (Å²) < 4.78 is 13.6. The number of nitrogens with zero attached hydrogens (tertiary/aromatic N) is 1. The van der Waals surface area contributed by atoms with Gasteiger partial charge in [-0.05, 0) is 42.7 Å². The largest absolute Gasteiger partial charge is 0.377 e. The number of hydrogen-bond donors (Lipinski definition) is 2. The summed E-state index contributed by atoms with van der Waals surface area (Å²) in [5.74, 6) is -0.736. The molecule has 2 N–H and O–H groups in total. The lowest BCUT2D eigenvalue weighted by Crippen LogP contribution is -2.11. The SMILES string of the molecule is CC(=O)Nc1cc(NC2CCc3cccnc32)ccc1F. The Morgan fingerprint density at radius 1 is 1.38 bits per heavy atom. The third-order valence-corrected chi connectivity index (χ3v) is 3.58. The number of halogens is 1. The molecule has 1 unspecified atom stereocenters. The first-order valence-corrected chi connectivity index (χ1v) is 6.91. The second-order valence-electron chi connectivity index (χ2n) is 5.16. The second-order valence-corrected chi connectivity index (χ2v) is 5.16. The van der Waals surface area contributed by atoms with Crippen LogP contribution in [0.5, 0.6) is 0 Å². The van der Waals surface area contributed by atoms with Crippen LogP contribution in [0.4, 0.5) is 15.8 Å². The highest BCUT2D eigenvalue weighted by Crippen LogP contribution is 2.32. The number of carbonyl (C=O) groups excluding carboxylic acids is 1. The van der Waals surface area contributed by atoms with Gasteiger partial charge in [0.15, 0.2) is 0 Å². The summed E-state index contributed by atoms with van der Waals surface area (Å²) in [4.78, 5) is 15.5. The molecule has 1 aliphatic carbocycles. The highest BCUT2D eigenvalue weighted by atomic mass is 19.1. The van der Waals surface area contributed by atoms with Crippen molar-refractivity contribution in [3.8, 4) is 0 Å². The Kier molecular flexibility index (Phi) is 3.56. The number of aryl methyl sites for hydroxylation is 1. The fourth-order valence-corrected chi connectivity index (χ4v) is 2.65. The molecule has 3 rings (SSSR count). The molecule has 1 amide bonds. The molecule has 1 heterocycles. The van der Waals surface area contributed by atoms with Crippen molar-refractivity contribution >= 4 is 17.3 Å². The van der Waals surface area contributed by atoms with Crippen molar-refractivity contribution in [2.75, 3.05) is 10.6 Å². The minimum absolute atomic E-state index is 0.122. The molecule has 1 aliphatic rings. The Hall–Kier alpha value is -2.43. The number of carbonyl (C=O) groups is 1. The number of fused-ring (bicyclic) bond motifs is 1. The molecular formula is C16H16FN3O. The molecule has 1 atom stereocenters. The molecule has 0 fully saturated rings. The van der Waals surface area contributed by atoms with Crippen LogP contribution in [0.15, 0.2) is 36.5 Å². The van der Waals surface area contributed by atoms with Crippen LogP contribution in [0.1, 0.15) is 30.6 Å². The summed E-state index contributed by atoms with van der Waals surface area (Å²) in [5, 5.41) is 5.85. The van der Waals surface area contributed by atoms with Crippen molar-refractivity contribution < 1.29 is 9.18 Å². The van der Waals surface area contributed by atoms with Gasteiger partial charge in [0.05, 0.1) is 17.4 Å². The zero-order valence-corrected chi connectivity index (χ0v) is 11.7. The van der Waals surface area contributed by atoms with Crippen molar-refractivity contribution in [1.82, 2.24) is 4.98 Å². The van der Waals surface area contributed by atoms with E-state index in [0.717, 1.165) is 24.2 Å². The highest BCUT2D eigenvalue weighted by Gasteiger charge is 2.23. The number of benzene rings is 1. The maximum absolute atomic E-state index is 13.6. The zero-order valence-electron chi connectivity index (χ0n) is 11.7. The molecular weight excluding hydrogens is 269 g/mol. The molecule has 5 heteroatoms. The Labute approximate surface area is 122 Å². The van der Waals surface area contributed by atoms with Gasteiger partial charge >= 0.3 is 0 Å². The molecule has 2 aromatic rings. The van der Waals surface area contributed by atoms with E-state index >= 15 is 0 Å². The zero-order chi connectivity index (χ0) is 14.8. The number of hydrogen-bond acceptors (Lipinski definition) is 3. The number of anilines is 2. The van der Waals surface area contributed by atoms with E-state index < -0.39 is 5.82 Å². The molecule has 0 spiro atoms. The van der Waals surface area contributed by atoms with Crippen molar-refractivity contribution in [3.05, 3.63) is 53.6 Å². The summed E-state index contributed by atoms with van der Waals surface area (Å²) in [5.41, 5.74) is 3.25. The highest BCUT2D eigenvalue weighted by molar-refractivity contribution is 5.89. The van der Waals surface area contributed by atoms with Crippen LogP contribution in [0.25, 0.3) is 0 Å². The predicted octanol–water partition coefficient (Wildman–Crippen LogP) is 3.28. The standard InChI is InChI=1S/C16H16FN3O/c1-10(21)19-15-9-12(5-6-13(15)17)20-14-7-4-11-3-2-8-18-16(11)14/h2-3,5-6,8-9,14,20H,4,7H2,1H3,(H,19,21). The van der Waals surface area contributed by atoms with Crippen LogP contribution < -0.4 is 10.6 Å². The average Bonchev–Trinajstić information content (AvgIpc) is 2.85. The minimum atomic E-state index is -0.444. The fraction of sp³-hybridized carbons (Fsp3) is 0.250. The predicted molar refractivity (Wildman–Crippen MR) is 79.6 cm³/mol. The molecule has 4 nitrogen and oxygen atoms in total. The van der Waals surface area contributed by atoms with Gasteiger partial charge in [0, 0.05) is 18.8 Å². The Balaban J connectivity index is 1.81. The molecule has 0 saturated carbocycles. The van der Waals surface area contributed by atoms with E-state index in [-0.39, 0.29) is 17.6 Å². The molecule has 0 radical (unpaired) electrons. The van der Waals surface area contributed by atoms with Gasteiger partial charge in [-0.1, -0.05) is 6.07 Å². The monoisotopic (exact) mass is 285 g/mol. The Morgan fingerprint density at radius 2 is 2.24 bits per heavy atom. The maximum Gasteiger partial charge on any atom is 0.221 e. The van der Waals surface area contributed by atoms with Gasteiger partial charge in [0.1, 0.15) is 5.82 Å². The van der Waals surface area contributed by atoms with Crippen LogP contribution in [0, 0.1) is 5.82 Å². The molecule has 21 heavy (non-hydrogen) atoms. The van der Waals surface area contributed by atoms with Gasteiger partial charge in [-0.25, -0.2) is 4.39 Å². The summed E-state index contributed by atoms with van der Waals surface area (Å²) in [7, 11) is 0. The van der Waals surface area contributed by atoms with E-state index in [2.05, 4.69) is 21.7 Å². The molecule has 1 aromatic heterocycles. The molecule has 0 aliphatic heterocycles. The first kappa shape index (κ1) is 13.5. The summed E-state index contributed by atoms with van der Waals surface area (Å²) in [6.45, 7) is 1.36. The van der Waals surface area contributed by atoms with Gasteiger partial charge in [-0.3, -0.25) is 9.78 Å². The quantitative estimate of drug-likeness (QED) is 0.910. The van der Waals surface area contributed by atoms with Crippen LogP contribution in [0.2, 0.25) is 0 Å². The average molecular weight is 285 g/mol. The number of rotatable bonds is 3. The molecule has 1 aromatic carbocycles. The van der Waals surface area contributed by atoms with Crippen molar-refractivity contribution in [1.29, 1.82) is 0 Å². The van der Waals surface area contributed by atoms with E-state index in [1.807, 2.05) is 6.07 Å². The molecule has 108 valence electrons. The van der Waals surface area contributed by atoms with Gasteiger partial charge in [-0.15, -0.1) is 0 Å². The number of pyridine rings is 1. The summed E-state index contributed by atoms with van der Waals surface area (Å²) >= 11 is 0. The summed E-state index contributed by atoms with van der Waals surface area (Å²) in [6.07, 6.45) is 3.73. The van der Waals surface area contributed by atoms with E-state index in [0.29, 0.717) is 0 Å². The summed E-state index contributed by atoms with van der Waals surface area (Å²) in [6, 6.07) is 8.77. The lowest BCUT2D eigenvalue weighted by atomic mass is 10.2. The fourth-order valence-electron chi connectivity index (χ4n) is 2.65. The normalized spacial score (nSPS) is 16.4. The second kappa shape index (κ2) is 5.52. The Bertz CT molecular complexity index is 687. The van der Waals surface area contributed by atoms with Crippen molar-refractivity contribution in [3.63, 3.8) is 0 Å². The third-order valence-electron chi connectivity index (χ3n) is 3.58. The van der Waals surface area contributed by atoms with Crippen LogP contribution >= 0.6 is 0 Å². The third kappa shape index (κ3) is 2.86.